The first kappa shape index (κ1) is 19.4. The Morgan fingerprint density at radius 3 is 2.25 bits per heavy atom. The van der Waals surface area contributed by atoms with Gasteiger partial charge in [-0.25, -0.2) is 0 Å². The van der Waals surface area contributed by atoms with Gasteiger partial charge in [-0.1, -0.05) is 6.07 Å². The summed E-state index contributed by atoms with van der Waals surface area (Å²) in [6.45, 7) is 0.701. The lowest BCUT2D eigenvalue weighted by atomic mass is 10.1. The smallest absolute Gasteiger partial charge is 0.269 e. The van der Waals surface area contributed by atoms with E-state index in [1.54, 1.807) is 47.4 Å². The van der Waals surface area contributed by atoms with Crippen molar-refractivity contribution in [2.75, 3.05) is 30.4 Å². The van der Waals surface area contributed by atoms with Crippen molar-refractivity contribution in [3.05, 3.63) is 59.7 Å². The van der Waals surface area contributed by atoms with Gasteiger partial charge >= 0.3 is 0 Å². The van der Waals surface area contributed by atoms with Crippen molar-refractivity contribution < 1.29 is 14.4 Å². The number of amides is 3. The zero-order chi connectivity index (χ0) is 20.1. The third-order valence-electron chi connectivity index (χ3n) is 4.68. The minimum atomic E-state index is -0.423. The van der Waals surface area contributed by atoms with Crippen LogP contribution in [0.1, 0.15) is 40.0 Å². The molecule has 7 heteroatoms. The van der Waals surface area contributed by atoms with E-state index in [2.05, 4.69) is 10.9 Å². The fourth-order valence-electron chi connectivity index (χ4n) is 3.05. The molecule has 0 bridgehead atoms. The van der Waals surface area contributed by atoms with Crippen molar-refractivity contribution in [1.29, 1.82) is 0 Å². The van der Waals surface area contributed by atoms with E-state index < -0.39 is 11.8 Å². The van der Waals surface area contributed by atoms with Crippen LogP contribution in [-0.2, 0) is 4.79 Å². The third kappa shape index (κ3) is 4.49. The second-order valence-corrected chi connectivity index (χ2v) is 6.90. The first-order valence-corrected chi connectivity index (χ1v) is 9.24. The molecule has 1 fully saturated rings. The average Bonchev–Trinajstić information content (AvgIpc) is 2.72. The summed E-state index contributed by atoms with van der Waals surface area (Å²) in [6.07, 6.45) is 2.46. The summed E-state index contributed by atoms with van der Waals surface area (Å²) < 4.78 is 0. The fraction of sp³-hybridized carbons (Fsp3) is 0.286. The monoisotopic (exact) mass is 380 g/mol. The molecule has 7 nitrogen and oxygen atoms in total. The predicted molar refractivity (Wildman–Crippen MR) is 108 cm³/mol. The van der Waals surface area contributed by atoms with Gasteiger partial charge in [0.15, 0.2) is 0 Å². The molecule has 3 amide bonds. The van der Waals surface area contributed by atoms with E-state index in [1.807, 2.05) is 25.1 Å². The highest BCUT2D eigenvalue weighted by Crippen LogP contribution is 2.21. The molecule has 0 aliphatic carbocycles. The van der Waals surface area contributed by atoms with Gasteiger partial charge in [-0.2, -0.15) is 0 Å². The Morgan fingerprint density at radius 2 is 1.61 bits per heavy atom. The lowest BCUT2D eigenvalue weighted by Gasteiger charge is -2.26. The van der Waals surface area contributed by atoms with E-state index in [0.29, 0.717) is 24.1 Å². The van der Waals surface area contributed by atoms with Crippen molar-refractivity contribution >= 4 is 29.1 Å². The minimum Gasteiger partial charge on any atom is -0.378 e. The standard InChI is InChI=1S/C21H24N4O3/c1-24(2)18-7-5-6-16(14-18)21(28)23-22-20(27)15-9-11-17(12-10-15)25-13-4-3-8-19(25)26/h5-7,9-12,14H,3-4,8,13H2,1-2H3,(H,22,27)(H,23,28). The number of carbonyl (C=O) groups excluding carboxylic acids is 3. The van der Waals surface area contributed by atoms with Crippen LogP contribution in [0.15, 0.2) is 48.5 Å². The van der Waals surface area contributed by atoms with Crippen molar-refractivity contribution in [3.63, 3.8) is 0 Å². The molecule has 2 N–H and O–H groups in total. The van der Waals surface area contributed by atoms with Crippen LogP contribution in [0.25, 0.3) is 0 Å². The summed E-state index contributed by atoms with van der Waals surface area (Å²) in [5, 5.41) is 0. The molecule has 1 aliphatic rings. The predicted octanol–water partition coefficient (Wildman–Crippen LogP) is 2.34. The molecule has 0 unspecified atom stereocenters. The summed E-state index contributed by atoms with van der Waals surface area (Å²) in [6, 6.07) is 13.9. The normalized spacial score (nSPS) is 13.8. The fourth-order valence-corrected chi connectivity index (χ4v) is 3.05. The number of benzene rings is 2. The van der Waals surface area contributed by atoms with Gasteiger partial charge < -0.3 is 9.80 Å². The van der Waals surface area contributed by atoms with Gasteiger partial charge in [0.05, 0.1) is 0 Å². The van der Waals surface area contributed by atoms with Crippen molar-refractivity contribution in [2.24, 2.45) is 0 Å². The molecular formula is C21H24N4O3. The first-order chi connectivity index (χ1) is 13.5. The SMILES string of the molecule is CN(C)c1cccc(C(=O)NNC(=O)c2ccc(N3CCCCC3=O)cc2)c1. The molecule has 1 heterocycles. The van der Waals surface area contributed by atoms with Gasteiger partial charge in [0.25, 0.3) is 11.8 Å². The van der Waals surface area contributed by atoms with Gasteiger partial charge in [0.2, 0.25) is 5.91 Å². The van der Waals surface area contributed by atoms with Crippen LogP contribution in [0.5, 0.6) is 0 Å². The summed E-state index contributed by atoms with van der Waals surface area (Å²) in [4.78, 5) is 40.2. The lowest BCUT2D eigenvalue weighted by Crippen LogP contribution is -2.41. The number of rotatable bonds is 4. The second-order valence-electron chi connectivity index (χ2n) is 6.90. The summed E-state index contributed by atoms with van der Waals surface area (Å²) >= 11 is 0. The number of hydrogen-bond donors (Lipinski definition) is 2. The van der Waals surface area contributed by atoms with Crippen molar-refractivity contribution in [3.8, 4) is 0 Å². The Bertz CT molecular complexity index is 877. The topological polar surface area (TPSA) is 81.8 Å². The van der Waals surface area contributed by atoms with Gasteiger partial charge in [-0.05, 0) is 55.3 Å². The third-order valence-corrected chi connectivity index (χ3v) is 4.68. The lowest BCUT2D eigenvalue weighted by molar-refractivity contribution is -0.119. The van der Waals surface area contributed by atoms with E-state index in [4.69, 9.17) is 0 Å². The second kappa shape index (κ2) is 8.56. The summed E-state index contributed by atoms with van der Waals surface area (Å²) in [7, 11) is 3.78. The van der Waals surface area contributed by atoms with Crippen molar-refractivity contribution in [1.82, 2.24) is 10.9 Å². The van der Waals surface area contributed by atoms with Crippen LogP contribution in [0.2, 0.25) is 0 Å². The van der Waals surface area contributed by atoms with Crippen LogP contribution in [-0.4, -0.2) is 38.4 Å². The largest absolute Gasteiger partial charge is 0.378 e. The Labute approximate surface area is 164 Å². The Balaban J connectivity index is 1.59. The zero-order valence-electron chi connectivity index (χ0n) is 16.1. The highest BCUT2D eigenvalue weighted by atomic mass is 16.2. The number of hydrazine groups is 1. The minimum absolute atomic E-state index is 0.107. The number of anilines is 2. The number of piperidine rings is 1. The quantitative estimate of drug-likeness (QED) is 0.798. The van der Waals surface area contributed by atoms with Crippen LogP contribution in [0.3, 0.4) is 0 Å². The molecule has 3 rings (SSSR count). The van der Waals surface area contributed by atoms with Gasteiger partial charge in [-0.3, -0.25) is 25.2 Å². The maximum Gasteiger partial charge on any atom is 0.269 e. The molecule has 1 saturated heterocycles. The molecule has 0 spiro atoms. The number of carbonyl (C=O) groups is 3. The molecular weight excluding hydrogens is 356 g/mol. The summed E-state index contributed by atoms with van der Waals surface area (Å²) in [5.74, 6) is -0.711. The molecule has 0 atom stereocenters. The molecule has 0 radical (unpaired) electrons. The van der Waals surface area contributed by atoms with Crippen molar-refractivity contribution in [2.45, 2.75) is 19.3 Å². The van der Waals surface area contributed by atoms with Crippen LogP contribution in [0.4, 0.5) is 11.4 Å². The van der Waals surface area contributed by atoms with Crippen LogP contribution in [0, 0.1) is 0 Å². The van der Waals surface area contributed by atoms with E-state index in [9.17, 15) is 14.4 Å². The van der Waals surface area contributed by atoms with E-state index in [-0.39, 0.29) is 5.91 Å². The maximum atomic E-state index is 12.3. The van der Waals surface area contributed by atoms with Crippen LogP contribution >= 0.6 is 0 Å². The molecule has 0 saturated carbocycles. The highest BCUT2D eigenvalue weighted by Gasteiger charge is 2.19. The Morgan fingerprint density at radius 1 is 0.929 bits per heavy atom. The Hall–Kier alpha value is -3.35. The van der Waals surface area contributed by atoms with E-state index in [0.717, 1.165) is 24.2 Å². The molecule has 28 heavy (non-hydrogen) atoms. The van der Waals surface area contributed by atoms with E-state index in [1.165, 1.54) is 0 Å². The van der Waals surface area contributed by atoms with E-state index >= 15 is 0 Å². The molecule has 2 aromatic carbocycles. The molecule has 2 aromatic rings. The average molecular weight is 380 g/mol. The van der Waals surface area contributed by atoms with Crippen LogP contribution < -0.4 is 20.7 Å². The van der Waals surface area contributed by atoms with Gasteiger partial charge in [-0.15, -0.1) is 0 Å². The van der Waals surface area contributed by atoms with Gasteiger partial charge in [0, 0.05) is 49.6 Å². The number of nitrogens with one attached hydrogen (secondary N) is 2. The number of nitrogens with zero attached hydrogens (tertiary/aromatic N) is 2. The maximum absolute atomic E-state index is 12.3. The first-order valence-electron chi connectivity index (χ1n) is 9.24. The zero-order valence-corrected chi connectivity index (χ0v) is 16.1. The molecule has 1 aliphatic heterocycles. The highest BCUT2D eigenvalue weighted by molar-refractivity contribution is 6.00. The Kier molecular flexibility index (Phi) is 5.93. The molecule has 146 valence electrons. The van der Waals surface area contributed by atoms with Gasteiger partial charge in [0.1, 0.15) is 0 Å². The number of hydrogen-bond acceptors (Lipinski definition) is 4. The molecule has 0 aromatic heterocycles. The summed E-state index contributed by atoms with van der Waals surface area (Å²) in [5.41, 5.74) is 7.37.